The average Bonchev–Trinajstić information content (AvgIpc) is 2.34. The molecule has 0 radical (unpaired) electrons. The van der Waals surface area contributed by atoms with Crippen LogP contribution in [0.5, 0.6) is 0 Å². The summed E-state index contributed by atoms with van der Waals surface area (Å²) in [7, 11) is 1.96. The normalized spacial score (nSPS) is 12.8. The number of para-hydroxylation sites is 1. The number of fused-ring (bicyclic) bond motifs is 1. The van der Waals surface area contributed by atoms with Crippen LogP contribution < -0.4 is 10.7 Å². The second-order valence-electron chi connectivity index (χ2n) is 4.51. The molecule has 0 aliphatic rings. The van der Waals surface area contributed by atoms with E-state index in [0.29, 0.717) is 5.92 Å². The van der Waals surface area contributed by atoms with Gasteiger partial charge in [-0.1, -0.05) is 19.1 Å². The van der Waals surface area contributed by atoms with Gasteiger partial charge in [0, 0.05) is 24.2 Å². The van der Waals surface area contributed by atoms with Gasteiger partial charge in [0.2, 0.25) is 0 Å². The molecule has 0 saturated carbocycles. The number of hydrogen-bond donors (Lipinski definition) is 1. The van der Waals surface area contributed by atoms with Crippen LogP contribution >= 0.6 is 0 Å². The van der Waals surface area contributed by atoms with E-state index >= 15 is 0 Å². The first-order valence-corrected chi connectivity index (χ1v) is 5.95. The van der Waals surface area contributed by atoms with E-state index in [4.69, 9.17) is 0 Å². The molecule has 1 heterocycles. The molecular weight excluding hydrogens is 212 g/mol. The van der Waals surface area contributed by atoms with E-state index in [1.54, 1.807) is 6.07 Å². The van der Waals surface area contributed by atoms with Crippen molar-refractivity contribution in [2.75, 3.05) is 13.6 Å². The second-order valence-corrected chi connectivity index (χ2v) is 4.51. The van der Waals surface area contributed by atoms with Crippen molar-refractivity contribution in [2.45, 2.75) is 13.5 Å². The maximum atomic E-state index is 11.7. The summed E-state index contributed by atoms with van der Waals surface area (Å²) >= 11 is 0. The maximum Gasteiger partial charge on any atom is 0.189 e. The van der Waals surface area contributed by atoms with Gasteiger partial charge in [-0.3, -0.25) is 4.79 Å². The van der Waals surface area contributed by atoms with Crippen molar-refractivity contribution in [1.29, 1.82) is 0 Å². The molecule has 0 spiro atoms. The first-order chi connectivity index (χ1) is 8.22. The van der Waals surface area contributed by atoms with Crippen molar-refractivity contribution in [3.05, 3.63) is 46.8 Å². The Labute approximate surface area is 101 Å². The highest BCUT2D eigenvalue weighted by Gasteiger charge is 2.05. The molecule has 0 saturated heterocycles. The van der Waals surface area contributed by atoms with E-state index in [0.717, 1.165) is 24.0 Å². The lowest BCUT2D eigenvalue weighted by molar-refractivity contribution is 0.469. The third-order valence-corrected chi connectivity index (χ3v) is 2.95. The number of nitrogens with one attached hydrogen (secondary N) is 1. The third kappa shape index (κ3) is 2.56. The predicted octanol–water partition coefficient (Wildman–Crippen LogP) is 1.86. The first-order valence-electron chi connectivity index (χ1n) is 5.95. The lowest BCUT2D eigenvalue weighted by Gasteiger charge is -2.15. The zero-order valence-electron chi connectivity index (χ0n) is 10.3. The third-order valence-electron chi connectivity index (χ3n) is 2.95. The Bertz CT molecular complexity index is 559. The molecule has 3 heteroatoms. The molecule has 3 nitrogen and oxygen atoms in total. The Morgan fingerprint density at radius 1 is 1.29 bits per heavy atom. The average molecular weight is 230 g/mol. The highest BCUT2D eigenvalue weighted by molar-refractivity contribution is 5.78. The molecule has 0 bridgehead atoms. The Morgan fingerprint density at radius 2 is 2.06 bits per heavy atom. The van der Waals surface area contributed by atoms with E-state index in [1.807, 2.05) is 37.5 Å². The second kappa shape index (κ2) is 5.15. The van der Waals surface area contributed by atoms with Crippen molar-refractivity contribution < 1.29 is 0 Å². The summed E-state index contributed by atoms with van der Waals surface area (Å²) in [6.45, 7) is 4.09. The number of hydrogen-bond acceptors (Lipinski definition) is 2. The molecule has 1 atom stereocenters. The number of nitrogens with zero attached hydrogens (tertiary/aromatic N) is 1. The van der Waals surface area contributed by atoms with Crippen LogP contribution in [0.2, 0.25) is 0 Å². The Morgan fingerprint density at radius 3 is 2.82 bits per heavy atom. The first kappa shape index (κ1) is 11.9. The van der Waals surface area contributed by atoms with Crippen LogP contribution in [0.25, 0.3) is 10.9 Å². The zero-order chi connectivity index (χ0) is 12.3. The van der Waals surface area contributed by atoms with Gasteiger partial charge in [0.05, 0.1) is 5.52 Å². The van der Waals surface area contributed by atoms with E-state index in [-0.39, 0.29) is 5.43 Å². The standard InChI is InChI=1S/C14H18N2O/c1-11(9-15-2)10-16-8-7-14(17)12-5-3-4-6-13(12)16/h3-8,11,15H,9-10H2,1-2H3. The molecule has 1 aromatic heterocycles. The quantitative estimate of drug-likeness (QED) is 0.870. The van der Waals surface area contributed by atoms with Gasteiger partial charge in [0.25, 0.3) is 0 Å². The van der Waals surface area contributed by atoms with E-state index in [2.05, 4.69) is 16.8 Å². The minimum atomic E-state index is 0.0955. The molecule has 1 unspecified atom stereocenters. The summed E-state index contributed by atoms with van der Waals surface area (Å²) in [4.78, 5) is 11.7. The molecule has 0 amide bonds. The molecule has 0 aliphatic heterocycles. The van der Waals surface area contributed by atoms with Gasteiger partial charge >= 0.3 is 0 Å². The summed E-state index contributed by atoms with van der Waals surface area (Å²) in [5.41, 5.74) is 1.11. The number of aromatic nitrogens is 1. The van der Waals surface area contributed by atoms with Gasteiger partial charge in [-0.25, -0.2) is 0 Å². The largest absolute Gasteiger partial charge is 0.347 e. The summed E-state index contributed by atoms with van der Waals surface area (Å²) < 4.78 is 2.15. The molecule has 2 aromatic rings. The van der Waals surface area contributed by atoms with Gasteiger partial charge in [-0.05, 0) is 31.6 Å². The van der Waals surface area contributed by atoms with Gasteiger partial charge in [-0.15, -0.1) is 0 Å². The SMILES string of the molecule is CNCC(C)Cn1ccc(=O)c2ccccc21. The summed E-state index contributed by atoms with van der Waals surface area (Å²) in [5, 5.41) is 3.97. The van der Waals surface area contributed by atoms with Crippen LogP contribution in [0.1, 0.15) is 6.92 Å². The van der Waals surface area contributed by atoms with Crippen LogP contribution in [0.15, 0.2) is 41.3 Å². The van der Waals surface area contributed by atoms with Crippen LogP contribution in [0.3, 0.4) is 0 Å². The maximum absolute atomic E-state index is 11.7. The smallest absolute Gasteiger partial charge is 0.189 e. The van der Waals surface area contributed by atoms with Crippen LogP contribution in [0.4, 0.5) is 0 Å². The van der Waals surface area contributed by atoms with Crippen molar-refractivity contribution in [3.8, 4) is 0 Å². The Hall–Kier alpha value is -1.61. The van der Waals surface area contributed by atoms with Gasteiger partial charge in [0.15, 0.2) is 5.43 Å². The predicted molar refractivity (Wildman–Crippen MR) is 71.3 cm³/mol. The Balaban J connectivity index is 2.41. The van der Waals surface area contributed by atoms with Crippen molar-refractivity contribution in [3.63, 3.8) is 0 Å². The van der Waals surface area contributed by atoms with Gasteiger partial charge in [0.1, 0.15) is 0 Å². The lowest BCUT2D eigenvalue weighted by Crippen LogP contribution is -2.21. The van der Waals surface area contributed by atoms with Gasteiger partial charge in [-0.2, -0.15) is 0 Å². The molecule has 2 rings (SSSR count). The Kier molecular flexibility index (Phi) is 3.59. The summed E-state index contributed by atoms with van der Waals surface area (Å²) in [5.74, 6) is 0.533. The van der Waals surface area contributed by atoms with Crippen LogP contribution in [0, 0.1) is 5.92 Å². The lowest BCUT2D eigenvalue weighted by atomic mass is 10.1. The molecular formula is C14H18N2O. The molecule has 90 valence electrons. The fourth-order valence-corrected chi connectivity index (χ4v) is 2.17. The van der Waals surface area contributed by atoms with E-state index in [9.17, 15) is 4.79 Å². The summed E-state index contributed by atoms with van der Waals surface area (Å²) in [6.07, 6.45) is 1.89. The van der Waals surface area contributed by atoms with Crippen molar-refractivity contribution in [1.82, 2.24) is 9.88 Å². The van der Waals surface area contributed by atoms with E-state index in [1.165, 1.54) is 0 Å². The molecule has 1 aromatic carbocycles. The van der Waals surface area contributed by atoms with Crippen molar-refractivity contribution >= 4 is 10.9 Å². The van der Waals surface area contributed by atoms with Gasteiger partial charge < -0.3 is 9.88 Å². The highest BCUT2D eigenvalue weighted by Crippen LogP contribution is 2.11. The molecule has 1 N–H and O–H groups in total. The topological polar surface area (TPSA) is 34.0 Å². The summed E-state index contributed by atoms with van der Waals surface area (Å²) in [6, 6.07) is 9.42. The van der Waals surface area contributed by atoms with Crippen molar-refractivity contribution in [2.24, 2.45) is 5.92 Å². The number of benzene rings is 1. The van der Waals surface area contributed by atoms with E-state index < -0.39 is 0 Å². The highest BCUT2D eigenvalue weighted by atomic mass is 16.1. The minimum Gasteiger partial charge on any atom is -0.347 e. The molecule has 17 heavy (non-hydrogen) atoms. The number of pyridine rings is 1. The van der Waals surface area contributed by atoms with Crippen LogP contribution in [-0.2, 0) is 6.54 Å². The fourth-order valence-electron chi connectivity index (χ4n) is 2.17. The zero-order valence-corrected chi connectivity index (χ0v) is 10.3. The van der Waals surface area contributed by atoms with Crippen LogP contribution in [-0.4, -0.2) is 18.2 Å². The molecule has 0 fully saturated rings. The minimum absolute atomic E-state index is 0.0955. The monoisotopic (exact) mass is 230 g/mol. The fraction of sp³-hybridized carbons (Fsp3) is 0.357. The number of rotatable bonds is 4. The molecule has 0 aliphatic carbocycles.